The van der Waals surface area contributed by atoms with Crippen molar-refractivity contribution in [3.05, 3.63) is 76.7 Å². The lowest BCUT2D eigenvalue weighted by Crippen LogP contribution is -2.24. The number of anilines is 3. The lowest BCUT2D eigenvalue weighted by molar-refractivity contribution is 0.304. The Morgan fingerprint density at radius 3 is 2.97 bits per heavy atom. The van der Waals surface area contributed by atoms with Gasteiger partial charge in [-0.2, -0.15) is 4.98 Å². The minimum atomic E-state index is -0.220. The molecule has 0 radical (unpaired) electrons. The van der Waals surface area contributed by atoms with Crippen LogP contribution in [-0.4, -0.2) is 56.2 Å². The highest BCUT2D eigenvalue weighted by Crippen LogP contribution is 2.23. The van der Waals surface area contributed by atoms with Crippen LogP contribution in [0.2, 0.25) is 0 Å². The van der Waals surface area contributed by atoms with E-state index in [9.17, 15) is 9.90 Å². The molecule has 5 rings (SSSR count). The topological polar surface area (TPSA) is 113 Å². The summed E-state index contributed by atoms with van der Waals surface area (Å²) in [4.78, 5) is 28.9. The minimum Gasteiger partial charge on any atom is -0.395 e. The predicted molar refractivity (Wildman–Crippen MR) is 137 cm³/mol. The van der Waals surface area contributed by atoms with Crippen molar-refractivity contribution in [3.63, 3.8) is 0 Å². The van der Waals surface area contributed by atoms with Crippen molar-refractivity contribution in [2.75, 3.05) is 37.0 Å². The Bertz CT molecular complexity index is 1440. The van der Waals surface area contributed by atoms with Crippen LogP contribution in [0.5, 0.6) is 0 Å². The molecular weight excluding hydrogens is 444 g/mol. The number of nitrogens with one attached hydrogen (secondary N) is 2. The van der Waals surface area contributed by atoms with E-state index < -0.39 is 0 Å². The molecule has 0 spiro atoms. The van der Waals surface area contributed by atoms with Crippen molar-refractivity contribution in [2.24, 2.45) is 0 Å². The van der Waals surface area contributed by atoms with E-state index in [0.717, 1.165) is 25.2 Å². The van der Waals surface area contributed by atoms with Crippen LogP contribution in [0.4, 0.5) is 17.5 Å². The predicted octanol–water partition coefficient (Wildman–Crippen LogP) is 1.98. The molecule has 4 heterocycles. The zero-order valence-corrected chi connectivity index (χ0v) is 19.6. The van der Waals surface area contributed by atoms with Gasteiger partial charge in [0.15, 0.2) is 11.5 Å². The molecule has 0 amide bonds. The zero-order chi connectivity index (χ0) is 24.4. The van der Waals surface area contributed by atoms with Gasteiger partial charge in [-0.05, 0) is 48.4 Å². The number of likely N-dealkylation sites (N-methyl/N-ethyl adjacent to an activating group) is 1. The SMILES string of the molecule is C=CCn1c(=O)c2cnc(Nc3ccc4c(c3)CNCC4)nc2n1-c1cccc(N(C)CCO)n1. The fourth-order valence-electron chi connectivity index (χ4n) is 4.30. The summed E-state index contributed by atoms with van der Waals surface area (Å²) < 4.78 is 3.23. The number of hydrogen-bond donors (Lipinski definition) is 3. The summed E-state index contributed by atoms with van der Waals surface area (Å²) in [6.07, 6.45) is 4.22. The molecule has 1 aromatic carbocycles. The molecule has 3 aromatic heterocycles. The van der Waals surface area contributed by atoms with Crippen molar-refractivity contribution < 1.29 is 5.11 Å². The molecule has 0 unspecified atom stereocenters. The quantitative estimate of drug-likeness (QED) is 0.334. The highest BCUT2D eigenvalue weighted by atomic mass is 16.3. The average Bonchev–Trinajstić information content (AvgIpc) is 3.15. The fourth-order valence-corrected chi connectivity index (χ4v) is 4.30. The minimum absolute atomic E-state index is 0.0110. The summed E-state index contributed by atoms with van der Waals surface area (Å²) in [7, 11) is 1.85. The number of allylic oxidation sites excluding steroid dienone is 1. The summed E-state index contributed by atoms with van der Waals surface area (Å²) >= 11 is 0. The van der Waals surface area contributed by atoms with Gasteiger partial charge in [0.05, 0.1) is 13.2 Å². The monoisotopic (exact) mass is 472 g/mol. The van der Waals surface area contributed by atoms with E-state index in [2.05, 4.69) is 34.3 Å². The molecule has 1 aliphatic heterocycles. The summed E-state index contributed by atoms with van der Waals surface area (Å²) in [5.41, 5.74) is 3.71. The van der Waals surface area contributed by atoms with Gasteiger partial charge in [0, 0.05) is 32.0 Å². The Balaban J connectivity index is 1.59. The number of aliphatic hydroxyl groups excluding tert-OH is 1. The normalized spacial score (nSPS) is 13.0. The van der Waals surface area contributed by atoms with E-state index in [1.165, 1.54) is 11.1 Å². The van der Waals surface area contributed by atoms with Gasteiger partial charge in [0.2, 0.25) is 5.95 Å². The van der Waals surface area contributed by atoms with Gasteiger partial charge >= 0.3 is 0 Å². The van der Waals surface area contributed by atoms with Gasteiger partial charge in [0.25, 0.3) is 5.56 Å². The van der Waals surface area contributed by atoms with Crippen molar-refractivity contribution in [2.45, 2.75) is 19.5 Å². The van der Waals surface area contributed by atoms with Crippen molar-refractivity contribution >= 4 is 28.5 Å². The van der Waals surface area contributed by atoms with Crippen LogP contribution >= 0.6 is 0 Å². The number of nitrogens with zero attached hydrogens (tertiary/aromatic N) is 6. The third kappa shape index (κ3) is 4.41. The van der Waals surface area contributed by atoms with E-state index in [4.69, 9.17) is 9.97 Å². The average molecular weight is 473 g/mol. The Morgan fingerprint density at radius 1 is 1.26 bits per heavy atom. The van der Waals surface area contributed by atoms with Gasteiger partial charge in [-0.3, -0.25) is 4.79 Å². The van der Waals surface area contributed by atoms with Gasteiger partial charge in [-0.25, -0.2) is 19.3 Å². The molecule has 0 aliphatic carbocycles. The second-order valence-corrected chi connectivity index (χ2v) is 8.45. The summed E-state index contributed by atoms with van der Waals surface area (Å²) in [6, 6.07) is 11.8. The van der Waals surface area contributed by atoms with Gasteiger partial charge in [0.1, 0.15) is 11.2 Å². The third-order valence-electron chi connectivity index (χ3n) is 6.09. The van der Waals surface area contributed by atoms with Crippen molar-refractivity contribution in [1.29, 1.82) is 0 Å². The van der Waals surface area contributed by atoms with E-state index in [0.29, 0.717) is 35.2 Å². The van der Waals surface area contributed by atoms with Crippen LogP contribution in [0.15, 0.2) is 60.0 Å². The van der Waals surface area contributed by atoms with Gasteiger partial charge in [-0.1, -0.05) is 18.2 Å². The zero-order valence-electron chi connectivity index (χ0n) is 19.6. The number of aliphatic hydroxyl groups is 1. The Kier molecular flexibility index (Phi) is 6.30. The molecule has 180 valence electrons. The van der Waals surface area contributed by atoms with E-state index >= 15 is 0 Å². The molecule has 10 nitrogen and oxygen atoms in total. The highest BCUT2D eigenvalue weighted by molar-refractivity contribution is 5.77. The maximum Gasteiger partial charge on any atom is 0.278 e. The Morgan fingerprint density at radius 2 is 2.14 bits per heavy atom. The Labute approximate surface area is 202 Å². The van der Waals surface area contributed by atoms with Gasteiger partial charge in [-0.15, -0.1) is 6.58 Å². The largest absolute Gasteiger partial charge is 0.395 e. The van der Waals surface area contributed by atoms with E-state index in [1.54, 1.807) is 21.6 Å². The molecule has 0 fully saturated rings. The lowest BCUT2D eigenvalue weighted by Gasteiger charge is -2.18. The summed E-state index contributed by atoms with van der Waals surface area (Å²) in [5.74, 6) is 1.59. The van der Waals surface area contributed by atoms with E-state index in [1.807, 2.05) is 36.2 Å². The maximum atomic E-state index is 13.2. The second kappa shape index (κ2) is 9.69. The molecular formula is C25H28N8O2. The van der Waals surface area contributed by atoms with Crippen molar-refractivity contribution in [3.8, 4) is 5.82 Å². The first-order chi connectivity index (χ1) is 17.1. The summed E-state index contributed by atoms with van der Waals surface area (Å²) in [5, 5.41) is 16.4. The standard InChI is InChI=1S/C25H28N8O2/c1-3-11-32-24(35)20-16-27-25(28-19-8-7-17-9-10-26-15-18(17)14-19)30-23(20)33(32)22-6-4-5-21(29-22)31(2)12-13-34/h3-8,14,16,26,34H,1,9-13,15H2,2H3,(H,27,28,30). The second-order valence-electron chi connectivity index (χ2n) is 8.45. The van der Waals surface area contributed by atoms with Crippen LogP contribution in [0.1, 0.15) is 11.1 Å². The van der Waals surface area contributed by atoms with Crippen LogP contribution < -0.4 is 21.1 Å². The van der Waals surface area contributed by atoms with Crippen LogP contribution in [0.25, 0.3) is 16.9 Å². The van der Waals surface area contributed by atoms with Crippen LogP contribution in [0, 0.1) is 0 Å². The first kappa shape index (κ1) is 22.8. The molecule has 1 aliphatic rings. The van der Waals surface area contributed by atoms with Crippen LogP contribution in [-0.2, 0) is 19.5 Å². The molecule has 3 N–H and O–H groups in total. The highest BCUT2D eigenvalue weighted by Gasteiger charge is 2.19. The molecule has 35 heavy (non-hydrogen) atoms. The fraction of sp³-hybridized carbons (Fsp3) is 0.280. The summed E-state index contributed by atoms with van der Waals surface area (Å²) in [6.45, 7) is 6.36. The molecule has 0 saturated carbocycles. The first-order valence-corrected chi connectivity index (χ1v) is 11.6. The third-order valence-corrected chi connectivity index (χ3v) is 6.09. The van der Waals surface area contributed by atoms with Gasteiger partial charge < -0.3 is 20.6 Å². The maximum absolute atomic E-state index is 13.2. The lowest BCUT2D eigenvalue weighted by atomic mass is 10.0. The van der Waals surface area contributed by atoms with Crippen LogP contribution in [0.3, 0.4) is 0 Å². The Hall–Kier alpha value is -4.02. The number of benzene rings is 1. The van der Waals surface area contributed by atoms with Crippen molar-refractivity contribution in [1.82, 2.24) is 29.6 Å². The number of pyridine rings is 1. The number of rotatable bonds is 8. The molecule has 0 bridgehead atoms. The number of fused-ring (bicyclic) bond motifs is 2. The van der Waals surface area contributed by atoms with E-state index in [-0.39, 0.29) is 18.7 Å². The molecule has 10 heteroatoms. The smallest absolute Gasteiger partial charge is 0.278 e. The number of hydrogen-bond acceptors (Lipinski definition) is 8. The molecule has 4 aromatic rings. The molecule has 0 atom stereocenters. The molecule has 0 saturated heterocycles. The number of aromatic nitrogens is 5. The first-order valence-electron chi connectivity index (χ1n) is 11.6.